The van der Waals surface area contributed by atoms with E-state index >= 15 is 0 Å². The molecule has 0 bridgehead atoms. The normalized spacial score (nSPS) is 11.6. The number of nitrogens with one attached hydrogen (secondary N) is 1. The van der Waals surface area contributed by atoms with Gasteiger partial charge < -0.3 is 5.73 Å². The number of nitrogens with two attached hydrogens (primary N) is 1. The summed E-state index contributed by atoms with van der Waals surface area (Å²) < 4.78 is 27.4. The number of halogens is 3. The van der Waals surface area contributed by atoms with Crippen LogP contribution in [0, 0.1) is 0 Å². The van der Waals surface area contributed by atoms with E-state index in [9.17, 15) is 8.42 Å². The molecule has 0 aliphatic rings. The maximum atomic E-state index is 12.3. The van der Waals surface area contributed by atoms with Crippen LogP contribution in [0.2, 0.25) is 10.0 Å². The standard InChI is InChI=1S/C13H11BrCl2N2O2S/c14-13-11(17)5-10(16)6-12(13)21(19,20)18-7-8-2-1-3-9(15)4-8/h1-6,18H,7,17H2. The molecule has 0 radical (unpaired) electrons. The highest BCUT2D eigenvalue weighted by atomic mass is 79.9. The van der Waals surface area contributed by atoms with Crippen LogP contribution in [0.3, 0.4) is 0 Å². The maximum absolute atomic E-state index is 12.3. The third-order valence-electron chi connectivity index (χ3n) is 2.68. The summed E-state index contributed by atoms with van der Waals surface area (Å²) in [6, 6.07) is 9.73. The second kappa shape index (κ2) is 6.54. The van der Waals surface area contributed by atoms with E-state index in [0.717, 1.165) is 5.56 Å². The fraction of sp³-hybridized carbons (Fsp3) is 0.0769. The Morgan fingerprint density at radius 3 is 2.52 bits per heavy atom. The zero-order valence-electron chi connectivity index (χ0n) is 10.6. The Morgan fingerprint density at radius 2 is 1.86 bits per heavy atom. The molecule has 0 saturated carbocycles. The van der Waals surface area contributed by atoms with Gasteiger partial charge in [-0.25, -0.2) is 13.1 Å². The minimum absolute atomic E-state index is 0.00507. The zero-order chi connectivity index (χ0) is 15.6. The summed E-state index contributed by atoms with van der Waals surface area (Å²) in [5.41, 5.74) is 6.71. The van der Waals surface area contributed by atoms with E-state index in [2.05, 4.69) is 20.7 Å². The Labute approximate surface area is 141 Å². The van der Waals surface area contributed by atoms with Crippen molar-refractivity contribution in [1.82, 2.24) is 4.72 Å². The van der Waals surface area contributed by atoms with Crippen LogP contribution in [0.1, 0.15) is 5.56 Å². The van der Waals surface area contributed by atoms with E-state index in [-0.39, 0.29) is 26.6 Å². The summed E-state index contributed by atoms with van der Waals surface area (Å²) in [5, 5.41) is 0.790. The molecule has 0 aromatic heterocycles. The summed E-state index contributed by atoms with van der Waals surface area (Å²) in [5.74, 6) is 0. The molecule has 2 aromatic carbocycles. The van der Waals surface area contributed by atoms with Crippen LogP contribution >= 0.6 is 39.1 Å². The lowest BCUT2D eigenvalue weighted by atomic mass is 10.2. The number of hydrogen-bond acceptors (Lipinski definition) is 3. The van der Waals surface area contributed by atoms with Crippen LogP contribution in [0.4, 0.5) is 5.69 Å². The molecule has 0 amide bonds. The van der Waals surface area contributed by atoms with Crippen molar-refractivity contribution in [2.24, 2.45) is 0 Å². The van der Waals surface area contributed by atoms with Crippen LogP contribution in [0.5, 0.6) is 0 Å². The molecule has 0 saturated heterocycles. The monoisotopic (exact) mass is 408 g/mol. The molecule has 4 nitrogen and oxygen atoms in total. The van der Waals surface area contributed by atoms with Gasteiger partial charge in [0.25, 0.3) is 0 Å². The third-order valence-corrected chi connectivity index (χ3v) is 5.70. The highest BCUT2D eigenvalue weighted by Crippen LogP contribution is 2.31. The van der Waals surface area contributed by atoms with Crippen molar-refractivity contribution in [2.45, 2.75) is 11.4 Å². The van der Waals surface area contributed by atoms with Crippen molar-refractivity contribution in [3.8, 4) is 0 Å². The second-order valence-electron chi connectivity index (χ2n) is 4.26. The van der Waals surface area contributed by atoms with Gasteiger partial charge in [0.15, 0.2) is 0 Å². The topological polar surface area (TPSA) is 72.2 Å². The van der Waals surface area contributed by atoms with Gasteiger partial charge in [-0.1, -0.05) is 35.3 Å². The van der Waals surface area contributed by atoms with Crippen molar-refractivity contribution in [2.75, 3.05) is 5.73 Å². The van der Waals surface area contributed by atoms with Gasteiger partial charge in [0.1, 0.15) is 0 Å². The summed E-state index contributed by atoms with van der Waals surface area (Å²) in [7, 11) is -3.75. The molecule has 21 heavy (non-hydrogen) atoms. The Balaban J connectivity index is 2.27. The number of benzene rings is 2. The molecule has 2 rings (SSSR count). The van der Waals surface area contributed by atoms with Crippen LogP contribution < -0.4 is 10.5 Å². The van der Waals surface area contributed by atoms with Crippen LogP contribution in [0.25, 0.3) is 0 Å². The predicted octanol–water partition coefficient (Wildman–Crippen LogP) is 3.82. The summed E-state index contributed by atoms with van der Waals surface area (Å²) in [6.07, 6.45) is 0. The Bertz CT molecular complexity index is 782. The Morgan fingerprint density at radius 1 is 1.14 bits per heavy atom. The lowest BCUT2D eigenvalue weighted by Crippen LogP contribution is -2.23. The highest BCUT2D eigenvalue weighted by Gasteiger charge is 2.20. The number of nitrogen functional groups attached to an aromatic ring is 1. The van der Waals surface area contributed by atoms with E-state index < -0.39 is 10.0 Å². The maximum Gasteiger partial charge on any atom is 0.242 e. The van der Waals surface area contributed by atoms with Gasteiger partial charge in [-0.2, -0.15) is 0 Å². The smallest absolute Gasteiger partial charge is 0.242 e. The average Bonchev–Trinajstić information content (AvgIpc) is 2.41. The fourth-order valence-electron chi connectivity index (χ4n) is 1.68. The van der Waals surface area contributed by atoms with Gasteiger partial charge in [-0.05, 0) is 45.8 Å². The van der Waals surface area contributed by atoms with E-state index in [1.165, 1.54) is 12.1 Å². The van der Waals surface area contributed by atoms with Crippen molar-refractivity contribution < 1.29 is 8.42 Å². The largest absolute Gasteiger partial charge is 0.398 e. The van der Waals surface area contributed by atoms with Gasteiger partial charge in [-0.3, -0.25) is 0 Å². The molecule has 0 aliphatic carbocycles. The van der Waals surface area contributed by atoms with E-state index in [1.54, 1.807) is 24.3 Å². The van der Waals surface area contributed by atoms with Gasteiger partial charge >= 0.3 is 0 Å². The number of sulfonamides is 1. The first-order chi connectivity index (χ1) is 9.79. The molecule has 8 heteroatoms. The van der Waals surface area contributed by atoms with Crippen LogP contribution in [0.15, 0.2) is 45.8 Å². The molecule has 0 unspecified atom stereocenters. The molecule has 112 valence electrons. The van der Waals surface area contributed by atoms with Crippen LogP contribution in [-0.2, 0) is 16.6 Å². The molecular weight excluding hydrogens is 399 g/mol. The molecule has 0 spiro atoms. The molecule has 0 heterocycles. The van der Waals surface area contributed by atoms with Crippen molar-refractivity contribution in [1.29, 1.82) is 0 Å². The lowest BCUT2D eigenvalue weighted by molar-refractivity contribution is 0.581. The minimum Gasteiger partial charge on any atom is -0.398 e. The number of anilines is 1. The number of hydrogen-bond donors (Lipinski definition) is 2. The molecule has 0 fully saturated rings. The van der Waals surface area contributed by atoms with E-state index in [4.69, 9.17) is 28.9 Å². The second-order valence-corrected chi connectivity index (χ2v) is 7.66. The van der Waals surface area contributed by atoms with E-state index in [1.807, 2.05) is 0 Å². The van der Waals surface area contributed by atoms with Crippen molar-refractivity contribution in [3.63, 3.8) is 0 Å². The predicted molar refractivity (Wildman–Crippen MR) is 89.0 cm³/mol. The molecule has 3 N–H and O–H groups in total. The quantitative estimate of drug-likeness (QED) is 0.754. The third kappa shape index (κ3) is 4.11. The van der Waals surface area contributed by atoms with E-state index in [0.29, 0.717) is 5.02 Å². The summed E-state index contributed by atoms with van der Waals surface area (Å²) >= 11 is 14.9. The Kier molecular flexibility index (Phi) is 5.16. The molecule has 0 atom stereocenters. The van der Waals surface area contributed by atoms with Gasteiger partial charge in [0.2, 0.25) is 10.0 Å². The Hall–Kier alpha value is -0.790. The van der Waals surface area contributed by atoms with Gasteiger partial charge in [-0.15, -0.1) is 0 Å². The minimum atomic E-state index is -3.75. The molecule has 0 aliphatic heterocycles. The summed E-state index contributed by atoms with van der Waals surface area (Å²) in [4.78, 5) is -0.00507. The average molecular weight is 410 g/mol. The van der Waals surface area contributed by atoms with Crippen molar-refractivity contribution in [3.05, 3.63) is 56.5 Å². The SMILES string of the molecule is Nc1cc(Cl)cc(S(=O)(=O)NCc2cccc(Cl)c2)c1Br. The van der Waals surface area contributed by atoms with Gasteiger partial charge in [0, 0.05) is 22.3 Å². The lowest BCUT2D eigenvalue weighted by Gasteiger charge is -2.11. The molecular formula is C13H11BrCl2N2O2S. The highest BCUT2D eigenvalue weighted by molar-refractivity contribution is 9.10. The van der Waals surface area contributed by atoms with Crippen LogP contribution in [-0.4, -0.2) is 8.42 Å². The van der Waals surface area contributed by atoms with Crippen molar-refractivity contribution >= 4 is 54.8 Å². The fourth-order valence-corrected chi connectivity index (χ4v) is 4.20. The van der Waals surface area contributed by atoms with Gasteiger partial charge in [0.05, 0.1) is 9.37 Å². The first-order valence-electron chi connectivity index (χ1n) is 5.78. The first kappa shape index (κ1) is 16.6. The zero-order valence-corrected chi connectivity index (χ0v) is 14.5. The first-order valence-corrected chi connectivity index (χ1v) is 8.81. The summed E-state index contributed by atoms with van der Waals surface area (Å²) in [6.45, 7) is 0.113. The number of rotatable bonds is 4. The molecule has 2 aromatic rings.